The van der Waals surface area contributed by atoms with E-state index in [9.17, 15) is 0 Å². The molecule has 0 radical (unpaired) electrons. The molecule has 4 aromatic rings. The van der Waals surface area contributed by atoms with Gasteiger partial charge in [-0.25, -0.2) is 0 Å². The zero-order valence-corrected chi connectivity index (χ0v) is 24.3. The Labute approximate surface area is 250 Å². The molecule has 4 heteroatoms. The lowest BCUT2D eigenvalue weighted by Crippen LogP contribution is -2.62. The van der Waals surface area contributed by atoms with Gasteiger partial charge in [0.15, 0.2) is 0 Å². The molecule has 4 aliphatic heterocycles. The molecule has 0 unspecified atom stereocenters. The lowest BCUT2D eigenvalue weighted by Gasteiger charge is -2.55. The Kier molecular flexibility index (Phi) is 6.63. The summed E-state index contributed by atoms with van der Waals surface area (Å²) < 4.78 is 0. The van der Waals surface area contributed by atoms with Crippen LogP contribution in [0.4, 0.5) is 22.7 Å². The summed E-state index contributed by atoms with van der Waals surface area (Å²) in [5, 5.41) is 10.3. The monoisotopic (exact) mass is 552 g/mol. The van der Waals surface area contributed by atoms with Gasteiger partial charge in [0.1, 0.15) is 0 Å². The van der Waals surface area contributed by atoms with E-state index in [0.29, 0.717) is 24.2 Å². The van der Waals surface area contributed by atoms with Crippen LogP contribution in [0.2, 0.25) is 0 Å². The molecular formula is C38H40N4. The fourth-order valence-electron chi connectivity index (χ4n) is 7.97. The van der Waals surface area contributed by atoms with E-state index in [1.807, 2.05) is 0 Å². The first-order valence-corrected chi connectivity index (χ1v) is 16.0. The molecule has 0 amide bonds. The van der Waals surface area contributed by atoms with Crippen molar-refractivity contribution in [1.29, 1.82) is 0 Å². The van der Waals surface area contributed by atoms with Crippen LogP contribution in [0.15, 0.2) is 109 Å². The molecule has 6 aliphatic rings. The second-order valence-corrected chi connectivity index (χ2v) is 12.5. The molecule has 4 nitrogen and oxygen atoms in total. The summed E-state index contributed by atoms with van der Waals surface area (Å²) in [6, 6.07) is 42.6. The van der Waals surface area contributed by atoms with Crippen molar-refractivity contribution in [2.45, 2.75) is 75.5 Å². The van der Waals surface area contributed by atoms with Crippen LogP contribution in [0, 0.1) is 0 Å². The van der Waals surface area contributed by atoms with Crippen molar-refractivity contribution in [3.05, 3.63) is 120 Å². The summed E-state index contributed by atoms with van der Waals surface area (Å²) in [6.07, 6.45) is 14.8. The van der Waals surface area contributed by atoms with Gasteiger partial charge < -0.3 is 0 Å². The van der Waals surface area contributed by atoms with Gasteiger partial charge in [0.05, 0.1) is 46.9 Å². The molecule has 0 atom stereocenters. The highest BCUT2D eigenvalue weighted by Crippen LogP contribution is 2.42. The Morgan fingerprint density at radius 3 is 0.881 bits per heavy atom. The van der Waals surface area contributed by atoms with Gasteiger partial charge in [0, 0.05) is 0 Å². The predicted molar refractivity (Wildman–Crippen MR) is 177 cm³/mol. The average Bonchev–Trinajstić information content (AvgIpc) is 3.09. The molecule has 212 valence electrons. The van der Waals surface area contributed by atoms with Gasteiger partial charge in [-0.1, -0.05) is 72.8 Å². The Morgan fingerprint density at radius 2 is 0.595 bits per heavy atom. The van der Waals surface area contributed by atoms with Crippen LogP contribution in [-0.4, -0.2) is 24.2 Å². The molecular weight excluding hydrogens is 512 g/mol. The van der Waals surface area contributed by atoms with Crippen molar-refractivity contribution < 1.29 is 0 Å². The first kappa shape index (κ1) is 25.5. The third kappa shape index (κ3) is 4.63. The maximum atomic E-state index is 2.57. The zero-order valence-electron chi connectivity index (χ0n) is 24.3. The second-order valence-electron chi connectivity index (χ2n) is 12.5. The Hall–Kier alpha value is -4.18. The van der Waals surface area contributed by atoms with Crippen LogP contribution < -0.4 is 20.0 Å². The van der Waals surface area contributed by atoms with E-state index in [0.717, 1.165) is 0 Å². The van der Waals surface area contributed by atoms with Crippen LogP contribution in [0.25, 0.3) is 12.2 Å². The predicted octanol–water partition coefficient (Wildman–Crippen LogP) is 8.96. The van der Waals surface area contributed by atoms with Crippen molar-refractivity contribution in [3.8, 4) is 0 Å². The normalized spacial score (nSPS) is 25.0. The number of fused-ring (bicyclic) bond motifs is 6. The average molecular weight is 553 g/mol. The number of hydrogen-bond donors (Lipinski definition) is 0. The highest BCUT2D eigenvalue weighted by atomic mass is 15.7. The van der Waals surface area contributed by atoms with Crippen LogP contribution in [-0.2, 0) is 0 Å². The second kappa shape index (κ2) is 10.9. The highest BCUT2D eigenvalue weighted by molar-refractivity contribution is 5.73. The number of hydrogen-bond acceptors (Lipinski definition) is 4. The van der Waals surface area contributed by atoms with Gasteiger partial charge in [-0.3, -0.25) is 20.0 Å². The minimum atomic E-state index is 0.586. The Morgan fingerprint density at radius 1 is 0.333 bits per heavy atom. The first-order valence-electron chi connectivity index (χ1n) is 16.0. The summed E-state index contributed by atoms with van der Waals surface area (Å²) in [6.45, 7) is 0. The number of anilines is 4. The van der Waals surface area contributed by atoms with E-state index < -0.39 is 0 Å². The van der Waals surface area contributed by atoms with Gasteiger partial charge in [-0.2, -0.15) is 0 Å². The van der Waals surface area contributed by atoms with E-state index in [2.05, 4.69) is 141 Å². The van der Waals surface area contributed by atoms with Gasteiger partial charge >= 0.3 is 0 Å². The lowest BCUT2D eigenvalue weighted by atomic mass is 9.86. The van der Waals surface area contributed by atoms with Crippen LogP contribution >= 0.6 is 0 Å². The molecule has 6 fully saturated rings. The zero-order chi connectivity index (χ0) is 27.9. The van der Waals surface area contributed by atoms with Gasteiger partial charge in [-0.15, -0.1) is 0 Å². The summed E-state index contributed by atoms with van der Waals surface area (Å²) in [7, 11) is 0. The molecule has 0 aromatic heterocycles. The molecule has 10 rings (SSSR count). The molecule has 4 saturated heterocycles. The standard InChI is InChI=1S/C38H40N4/c1-3-7-31(8-4-1)39-35-21-25-37(26-22-35)41(39)33-17-13-29(14-18-33)11-12-30-15-19-34(20-16-30)42-38-27-23-36(24-28-38)40(42)32-9-5-2-6-10-32/h1-20,35-38H,21-28H2/b12-11+. The third-order valence-corrected chi connectivity index (χ3v) is 10.0. The van der Waals surface area contributed by atoms with E-state index in [4.69, 9.17) is 0 Å². The molecule has 4 aromatic carbocycles. The quantitative estimate of drug-likeness (QED) is 0.221. The molecule has 0 N–H and O–H groups in total. The SMILES string of the molecule is C(=C\c1ccc(N2C3CCC(CC3)N2c2ccccc2)cc1)/c1ccc(N2C3CCC(CC3)N2c2ccccc2)cc1. The Bertz CT molecular complexity index is 1380. The summed E-state index contributed by atoms with van der Waals surface area (Å²) in [4.78, 5) is 0. The van der Waals surface area contributed by atoms with E-state index >= 15 is 0 Å². The lowest BCUT2D eigenvalue weighted by molar-refractivity contribution is 0.284. The Balaban J connectivity index is 0.993. The number of para-hydroxylation sites is 2. The number of nitrogens with zero attached hydrogens (tertiary/aromatic N) is 4. The van der Waals surface area contributed by atoms with Crippen molar-refractivity contribution in [2.24, 2.45) is 0 Å². The molecule has 42 heavy (non-hydrogen) atoms. The van der Waals surface area contributed by atoms with Gasteiger partial charge in [0.2, 0.25) is 0 Å². The van der Waals surface area contributed by atoms with E-state index in [-0.39, 0.29) is 0 Å². The minimum absolute atomic E-state index is 0.586. The highest BCUT2D eigenvalue weighted by Gasteiger charge is 2.41. The largest absolute Gasteiger partial charge is 0.282 e. The van der Waals surface area contributed by atoms with Crippen LogP contribution in [0.3, 0.4) is 0 Å². The molecule has 4 heterocycles. The van der Waals surface area contributed by atoms with Crippen LogP contribution in [0.5, 0.6) is 0 Å². The van der Waals surface area contributed by atoms with E-state index in [1.165, 1.54) is 85.2 Å². The van der Waals surface area contributed by atoms with Crippen LogP contribution in [0.1, 0.15) is 62.5 Å². The van der Waals surface area contributed by atoms with Crippen molar-refractivity contribution in [2.75, 3.05) is 20.0 Å². The van der Waals surface area contributed by atoms with E-state index in [1.54, 1.807) is 0 Å². The molecule has 0 spiro atoms. The third-order valence-electron chi connectivity index (χ3n) is 10.0. The fraction of sp³-hybridized carbons (Fsp3) is 0.316. The minimum Gasteiger partial charge on any atom is -0.282 e. The fourth-order valence-corrected chi connectivity index (χ4v) is 7.97. The maximum absolute atomic E-state index is 2.57. The topological polar surface area (TPSA) is 13.0 Å². The maximum Gasteiger partial charge on any atom is 0.0578 e. The van der Waals surface area contributed by atoms with Gasteiger partial charge in [-0.05, 0) is 111 Å². The number of benzene rings is 4. The number of rotatable bonds is 6. The smallest absolute Gasteiger partial charge is 0.0578 e. The molecule has 2 saturated carbocycles. The molecule has 2 aliphatic carbocycles. The first-order chi connectivity index (χ1) is 20.8. The van der Waals surface area contributed by atoms with Crippen molar-refractivity contribution in [1.82, 2.24) is 0 Å². The van der Waals surface area contributed by atoms with Gasteiger partial charge in [0.25, 0.3) is 0 Å². The number of hydrazine groups is 2. The summed E-state index contributed by atoms with van der Waals surface area (Å²) in [5.74, 6) is 0. The van der Waals surface area contributed by atoms with Crippen molar-refractivity contribution >= 4 is 34.9 Å². The summed E-state index contributed by atoms with van der Waals surface area (Å²) >= 11 is 0. The van der Waals surface area contributed by atoms with Crippen molar-refractivity contribution in [3.63, 3.8) is 0 Å². The summed E-state index contributed by atoms with van der Waals surface area (Å²) in [5.41, 5.74) is 7.69. The molecule has 4 bridgehead atoms.